The number of nitrogens with one attached hydrogen (secondary N) is 1. The fraction of sp³-hybridized carbons (Fsp3) is 0.625. The summed E-state index contributed by atoms with van der Waals surface area (Å²) in [6.07, 6.45) is 4.74. The van der Waals surface area contributed by atoms with Gasteiger partial charge < -0.3 is 14.8 Å². The van der Waals surface area contributed by atoms with Gasteiger partial charge in [0.15, 0.2) is 0 Å². The van der Waals surface area contributed by atoms with E-state index in [0.29, 0.717) is 6.61 Å². The SMILES string of the molecule is COCc1cc(F)ccc1NCCCC1CCOCC1. The molecule has 0 saturated carbocycles. The molecule has 1 aromatic rings. The van der Waals surface area contributed by atoms with Gasteiger partial charge in [0, 0.05) is 38.1 Å². The van der Waals surface area contributed by atoms with Crippen LogP contribution in [0.2, 0.25) is 0 Å². The standard InChI is InChI=1S/C16H24FNO2/c1-19-12-14-11-15(17)4-5-16(14)18-8-2-3-13-6-9-20-10-7-13/h4-5,11,13,18H,2-3,6-10,12H2,1H3. The molecule has 0 bridgehead atoms. The average molecular weight is 281 g/mol. The van der Waals surface area contributed by atoms with Gasteiger partial charge in [-0.05, 0) is 49.8 Å². The Kier molecular flexibility index (Phi) is 6.27. The molecule has 1 fully saturated rings. The van der Waals surface area contributed by atoms with Gasteiger partial charge in [-0.3, -0.25) is 0 Å². The first-order valence-electron chi connectivity index (χ1n) is 7.38. The van der Waals surface area contributed by atoms with Gasteiger partial charge in [0.25, 0.3) is 0 Å². The Labute approximate surface area is 120 Å². The molecule has 4 heteroatoms. The zero-order chi connectivity index (χ0) is 14.2. The maximum Gasteiger partial charge on any atom is 0.123 e. The van der Waals surface area contributed by atoms with E-state index in [1.165, 1.54) is 31.4 Å². The van der Waals surface area contributed by atoms with Crippen LogP contribution < -0.4 is 5.32 Å². The van der Waals surface area contributed by atoms with Gasteiger partial charge in [-0.25, -0.2) is 4.39 Å². The van der Waals surface area contributed by atoms with Crippen LogP contribution in [0.4, 0.5) is 10.1 Å². The topological polar surface area (TPSA) is 30.5 Å². The maximum atomic E-state index is 13.2. The lowest BCUT2D eigenvalue weighted by Gasteiger charge is -2.22. The first-order chi connectivity index (χ1) is 9.79. The van der Waals surface area contributed by atoms with E-state index in [-0.39, 0.29) is 5.82 Å². The molecule has 0 unspecified atom stereocenters. The average Bonchev–Trinajstić information content (AvgIpc) is 2.47. The summed E-state index contributed by atoms with van der Waals surface area (Å²) in [6, 6.07) is 4.81. The molecule has 0 aromatic heterocycles. The van der Waals surface area contributed by atoms with Crippen LogP contribution in [0.3, 0.4) is 0 Å². The Morgan fingerprint density at radius 2 is 2.15 bits per heavy atom. The van der Waals surface area contributed by atoms with E-state index in [1.54, 1.807) is 13.2 Å². The second-order valence-corrected chi connectivity index (χ2v) is 5.36. The number of anilines is 1. The van der Waals surface area contributed by atoms with Crippen LogP contribution in [-0.2, 0) is 16.1 Å². The molecule has 0 spiro atoms. The Morgan fingerprint density at radius 1 is 1.35 bits per heavy atom. The fourth-order valence-corrected chi connectivity index (χ4v) is 2.66. The van der Waals surface area contributed by atoms with Crippen LogP contribution in [0.5, 0.6) is 0 Å². The van der Waals surface area contributed by atoms with E-state index in [0.717, 1.165) is 43.3 Å². The molecule has 1 aromatic carbocycles. The van der Waals surface area contributed by atoms with Crippen molar-refractivity contribution in [1.82, 2.24) is 0 Å². The molecule has 3 nitrogen and oxygen atoms in total. The van der Waals surface area contributed by atoms with Crippen LogP contribution in [-0.4, -0.2) is 26.9 Å². The minimum Gasteiger partial charge on any atom is -0.385 e. The van der Waals surface area contributed by atoms with Crippen molar-refractivity contribution in [2.45, 2.75) is 32.3 Å². The highest BCUT2D eigenvalue weighted by atomic mass is 19.1. The molecule has 1 aliphatic heterocycles. The smallest absolute Gasteiger partial charge is 0.123 e. The molecule has 0 atom stereocenters. The Bertz CT molecular complexity index is 405. The number of benzene rings is 1. The van der Waals surface area contributed by atoms with Crippen LogP contribution in [0.1, 0.15) is 31.2 Å². The molecule has 1 saturated heterocycles. The van der Waals surface area contributed by atoms with Crippen molar-refractivity contribution in [3.05, 3.63) is 29.6 Å². The van der Waals surface area contributed by atoms with Crippen molar-refractivity contribution in [1.29, 1.82) is 0 Å². The number of methoxy groups -OCH3 is 1. The van der Waals surface area contributed by atoms with Crippen molar-refractivity contribution >= 4 is 5.69 Å². The third-order valence-electron chi connectivity index (χ3n) is 3.81. The van der Waals surface area contributed by atoms with Gasteiger partial charge in [-0.15, -0.1) is 0 Å². The number of hydrogen-bond acceptors (Lipinski definition) is 3. The summed E-state index contributed by atoms with van der Waals surface area (Å²) in [5, 5.41) is 3.39. The third-order valence-corrected chi connectivity index (χ3v) is 3.81. The van der Waals surface area contributed by atoms with Gasteiger partial charge >= 0.3 is 0 Å². The highest BCUT2D eigenvalue weighted by Gasteiger charge is 2.13. The molecule has 0 radical (unpaired) electrons. The van der Waals surface area contributed by atoms with Crippen LogP contribution in [0, 0.1) is 11.7 Å². The third kappa shape index (κ3) is 4.76. The number of halogens is 1. The van der Waals surface area contributed by atoms with E-state index < -0.39 is 0 Å². The van der Waals surface area contributed by atoms with Crippen LogP contribution >= 0.6 is 0 Å². The monoisotopic (exact) mass is 281 g/mol. The van der Waals surface area contributed by atoms with E-state index in [9.17, 15) is 4.39 Å². The molecule has 1 heterocycles. The number of rotatable bonds is 7. The zero-order valence-electron chi connectivity index (χ0n) is 12.2. The minimum atomic E-state index is -0.218. The molecular formula is C16H24FNO2. The maximum absolute atomic E-state index is 13.2. The summed E-state index contributed by atoms with van der Waals surface area (Å²) < 4.78 is 23.7. The van der Waals surface area contributed by atoms with Crippen molar-refractivity contribution in [2.24, 2.45) is 5.92 Å². The number of ether oxygens (including phenoxy) is 2. The largest absolute Gasteiger partial charge is 0.385 e. The Balaban J connectivity index is 1.75. The fourth-order valence-electron chi connectivity index (χ4n) is 2.66. The summed E-state index contributed by atoms with van der Waals surface area (Å²) in [5.74, 6) is 0.585. The van der Waals surface area contributed by atoms with Gasteiger partial charge in [-0.2, -0.15) is 0 Å². The van der Waals surface area contributed by atoms with Crippen molar-refractivity contribution in [2.75, 3.05) is 32.2 Å². The Hall–Kier alpha value is -1.13. The molecule has 1 N–H and O–H groups in total. The zero-order valence-corrected chi connectivity index (χ0v) is 12.2. The quantitative estimate of drug-likeness (QED) is 0.775. The van der Waals surface area contributed by atoms with Gasteiger partial charge in [0.05, 0.1) is 6.61 Å². The summed E-state index contributed by atoms with van der Waals surface area (Å²) in [5.41, 5.74) is 1.85. The molecule has 20 heavy (non-hydrogen) atoms. The van der Waals surface area contributed by atoms with Crippen molar-refractivity contribution in [3.63, 3.8) is 0 Å². The molecule has 1 aliphatic rings. The molecule has 2 rings (SSSR count). The lowest BCUT2D eigenvalue weighted by molar-refractivity contribution is 0.0636. The van der Waals surface area contributed by atoms with E-state index in [2.05, 4.69) is 5.32 Å². The molecule has 0 amide bonds. The highest BCUT2D eigenvalue weighted by Crippen LogP contribution is 2.21. The normalized spacial score (nSPS) is 16.3. The highest BCUT2D eigenvalue weighted by molar-refractivity contribution is 5.51. The second kappa shape index (κ2) is 8.22. The first kappa shape index (κ1) is 15.3. The lowest BCUT2D eigenvalue weighted by atomic mass is 9.95. The summed E-state index contributed by atoms with van der Waals surface area (Å²) in [6.45, 7) is 3.17. The Morgan fingerprint density at radius 3 is 2.90 bits per heavy atom. The van der Waals surface area contributed by atoms with Crippen LogP contribution in [0.25, 0.3) is 0 Å². The lowest BCUT2D eigenvalue weighted by Crippen LogP contribution is -2.16. The van der Waals surface area contributed by atoms with E-state index >= 15 is 0 Å². The number of hydrogen-bond donors (Lipinski definition) is 1. The van der Waals surface area contributed by atoms with E-state index in [1.807, 2.05) is 0 Å². The van der Waals surface area contributed by atoms with Gasteiger partial charge in [0.2, 0.25) is 0 Å². The molecule has 112 valence electrons. The molecular weight excluding hydrogens is 257 g/mol. The summed E-state index contributed by atoms with van der Waals surface area (Å²) in [4.78, 5) is 0. The second-order valence-electron chi connectivity index (χ2n) is 5.36. The van der Waals surface area contributed by atoms with Crippen molar-refractivity contribution < 1.29 is 13.9 Å². The first-order valence-corrected chi connectivity index (χ1v) is 7.38. The van der Waals surface area contributed by atoms with E-state index in [4.69, 9.17) is 9.47 Å². The molecule has 0 aliphatic carbocycles. The predicted octanol–water partition coefficient (Wildman–Crippen LogP) is 3.59. The van der Waals surface area contributed by atoms with Crippen LogP contribution in [0.15, 0.2) is 18.2 Å². The van der Waals surface area contributed by atoms with Crippen molar-refractivity contribution in [3.8, 4) is 0 Å². The van der Waals surface area contributed by atoms with Gasteiger partial charge in [0.1, 0.15) is 5.82 Å². The summed E-state index contributed by atoms with van der Waals surface area (Å²) in [7, 11) is 1.62. The van der Waals surface area contributed by atoms with Gasteiger partial charge in [-0.1, -0.05) is 0 Å². The summed E-state index contributed by atoms with van der Waals surface area (Å²) >= 11 is 0. The predicted molar refractivity (Wildman–Crippen MR) is 78.4 cm³/mol. The minimum absolute atomic E-state index is 0.218.